The van der Waals surface area contributed by atoms with Crippen LogP contribution < -0.4 is 5.32 Å². The molecule has 0 unspecified atom stereocenters. The topological polar surface area (TPSA) is 81.1 Å². The number of amides is 1. The molecule has 4 rings (SSSR count). The summed E-state index contributed by atoms with van der Waals surface area (Å²) in [6.07, 6.45) is 3.48. The number of carbonyl (C=O) groups is 1. The van der Waals surface area contributed by atoms with E-state index in [4.69, 9.17) is 0 Å². The van der Waals surface area contributed by atoms with E-state index in [1.165, 1.54) is 18.2 Å². The number of hydrogen-bond donors (Lipinski definition) is 1. The van der Waals surface area contributed by atoms with Gasteiger partial charge in [-0.25, -0.2) is 17.5 Å². The molecule has 1 aromatic heterocycles. The van der Waals surface area contributed by atoms with Gasteiger partial charge in [-0.15, -0.1) is 0 Å². The van der Waals surface area contributed by atoms with Crippen LogP contribution in [0.1, 0.15) is 28.2 Å². The van der Waals surface area contributed by atoms with Crippen LogP contribution in [0.3, 0.4) is 0 Å². The van der Waals surface area contributed by atoms with Gasteiger partial charge in [-0.3, -0.25) is 4.79 Å². The monoisotopic (exact) mass is 399 g/mol. The third kappa shape index (κ3) is 3.31. The molecule has 6 nitrogen and oxygen atoms in total. The number of anilines is 1. The van der Waals surface area contributed by atoms with E-state index in [1.807, 2.05) is 0 Å². The van der Waals surface area contributed by atoms with E-state index < -0.39 is 15.7 Å². The van der Waals surface area contributed by atoms with Gasteiger partial charge in [0.1, 0.15) is 5.82 Å². The van der Waals surface area contributed by atoms with Gasteiger partial charge in [0.05, 0.1) is 16.3 Å². The highest BCUT2D eigenvalue weighted by atomic mass is 32.2. The number of halogens is 1. The largest absolute Gasteiger partial charge is 0.319 e. The summed E-state index contributed by atoms with van der Waals surface area (Å²) in [4.78, 5) is 13.0. The van der Waals surface area contributed by atoms with Gasteiger partial charge in [-0.2, -0.15) is 5.10 Å². The summed E-state index contributed by atoms with van der Waals surface area (Å²) in [6, 6.07) is 12.2. The van der Waals surface area contributed by atoms with Crippen molar-refractivity contribution in [1.29, 1.82) is 0 Å². The van der Waals surface area contributed by atoms with Crippen molar-refractivity contribution in [3.05, 3.63) is 71.3 Å². The molecule has 1 aliphatic carbocycles. The fourth-order valence-corrected chi connectivity index (χ4v) is 4.33. The van der Waals surface area contributed by atoms with E-state index in [2.05, 4.69) is 10.4 Å². The lowest BCUT2D eigenvalue weighted by Crippen LogP contribution is -2.17. The van der Waals surface area contributed by atoms with E-state index >= 15 is 0 Å². The number of nitrogens with zero attached hydrogens (tertiary/aromatic N) is 2. The molecule has 0 bridgehead atoms. The van der Waals surface area contributed by atoms with Crippen LogP contribution in [0.25, 0.3) is 5.69 Å². The second kappa shape index (κ2) is 6.87. The fourth-order valence-electron chi connectivity index (χ4n) is 3.49. The predicted octanol–water partition coefficient (Wildman–Crippen LogP) is 3.16. The average molecular weight is 399 g/mol. The molecule has 0 aliphatic heterocycles. The summed E-state index contributed by atoms with van der Waals surface area (Å²) in [5.74, 6) is -0.807. The summed E-state index contributed by atoms with van der Waals surface area (Å²) in [7, 11) is -3.49. The maximum Gasteiger partial charge on any atom is 0.276 e. The highest BCUT2D eigenvalue weighted by Gasteiger charge is 2.27. The van der Waals surface area contributed by atoms with Gasteiger partial charge < -0.3 is 5.32 Å². The lowest BCUT2D eigenvalue weighted by atomic mass is 10.2. The second-order valence-corrected chi connectivity index (χ2v) is 8.72. The molecule has 1 N–H and O–H groups in total. The van der Waals surface area contributed by atoms with Crippen molar-refractivity contribution in [1.82, 2.24) is 9.78 Å². The summed E-state index contributed by atoms with van der Waals surface area (Å²) in [5, 5.41) is 7.14. The highest BCUT2D eigenvalue weighted by molar-refractivity contribution is 7.90. The first kappa shape index (κ1) is 18.4. The molecule has 0 saturated carbocycles. The number of hydrogen-bond acceptors (Lipinski definition) is 4. The number of carbonyl (C=O) groups excluding carboxylic acids is 1. The van der Waals surface area contributed by atoms with E-state index in [-0.39, 0.29) is 22.1 Å². The van der Waals surface area contributed by atoms with Crippen LogP contribution in [-0.4, -0.2) is 30.4 Å². The molecule has 2 aromatic carbocycles. The molecule has 144 valence electrons. The number of aromatic nitrogens is 2. The number of rotatable bonds is 4. The van der Waals surface area contributed by atoms with Crippen molar-refractivity contribution in [3.63, 3.8) is 0 Å². The molecule has 28 heavy (non-hydrogen) atoms. The Balaban J connectivity index is 1.72. The molecule has 8 heteroatoms. The third-order valence-corrected chi connectivity index (χ3v) is 5.91. The molecule has 0 fully saturated rings. The Morgan fingerprint density at radius 1 is 1.11 bits per heavy atom. The van der Waals surface area contributed by atoms with Crippen LogP contribution in [0.15, 0.2) is 53.4 Å². The maximum atomic E-state index is 13.2. The zero-order valence-electron chi connectivity index (χ0n) is 15.1. The zero-order chi connectivity index (χ0) is 19.9. The highest BCUT2D eigenvalue weighted by Crippen LogP contribution is 2.29. The van der Waals surface area contributed by atoms with E-state index in [1.54, 1.807) is 35.0 Å². The van der Waals surface area contributed by atoms with E-state index in [0.29, 0.717) is 12.1 Å². The van der Waals surface area contributed by atoms with Crippen molar-refractivity contribution in [2.75, 3.05) is 11.6 Å². The van der Waals surface area contributed by atoms with Crippen molar-refractivity contribution < 1.29 is 17.6 Å². The van der Waals surface area contributed by atoms with Crippen LogP contribution in [0.5, 0.6) is 0 Å². The van der Waals surface area contributed by atoms with Crippen molar-refractivity contribution >= 4 is 21.4 Å². The fraction of sp³-hybridized carbons (Fsp3) is 0.200. The summed E-state index contributed by atoms with van der Waals surface area (Å²) >= 11 is 0. The number of fused-ring (bicyclic) bond motifs is 1. The molecule has 0 radical (unpaired) electrons. The van der Waals surface area contributed by atoms with Gasteiger partial charge in [0.2, 0.25) is 0 Å². The van der Waals surface area contributed by atoms with Crippen LogP contribution in [0.2, 0.25) is 0 Å². The van der Waals surface area contributed by atoms with Gasteiger partial charge in [0.25, 0.3) is 5.91 Å². The molecule has 0 saturated heterocycles. The Morgan fingerprint density at radius 2 is 1.82 bits per heavy atom. The van der Waals surface area contributed by atoms with Gasteiger partial charge in [-0.1, -0.05) is 12.1 Å². The molecular formula is C20H18FN3O3S. The standard InChI is InChI=1S/C20H18FN3O3S/c1-28(26,27)18-8-3-2-6-16(18)22-20(25)19-15-5-4-7-17(15)24(23-19)14-11-9-13(21)10-12-14/h2-3,6,8-12H,4-5,7H2,1H3,(H,22,25). The van der Waals surface area contributed by atoms with Crippen molar-refractivity contribution in [2.45, 2.75) is 24.2 Å². The normalized spacial score (nSPS) is 13.4. The van der Waals surface area contributed by atoms with E-state index in [9.17, 15) is 17.6 Å². The zero-order valence-corrected chi connectivity index (χ0v) is 16.0. The molecule has 1 amide bonds. The predicted molar refractivity (Wildman–Crippen MR) is 103 cm³/mol. The lowest BCUT2D eigenvalue weighted by Gasteiger charge is -2.09. The maximum absolute atomic E-state index is 13.2. The van der Waals surface area contributed by atoms with Gasteiger partial charge >= 0.3 is 0 Å². The van der Waals surface area contributed by atoms with Crippen LogP contribution in [-0.2, 0) is 22.7 Å². The Bertz CT molecular complexity index is 1170. The Labute approximate surface area is 161 Å². The number of nitrogens with one attached hydrogen (secondary N) is 1. The van der Waals surface area contributed by atoms with E-state index in [0.717, 1.165) is 30.4 Å². The summed E-state index contributed by atoms with van der Waals surface area (Å²) < 4.78 is 38.9. The smallest absolute Gasteiger partial charge is 0.276 e. The second-order valence-electron chi connectivity index (χ2n) is 6.74. The average Bonchev–Trinajstić information content (AvgIpc) is 3.24. The van der Waals surface area contributed by atoms with Crippen LogP contribution in [0.4, 0.5) is 10.1 Å². The minimum atomic E-state index is -3.49. The van der Waals surface area contributed by atoms with Gasteiger partial charge in [-0.05, 0) is 55.7 Å². The van der Waals surface area contributed by atoms with Gasteiger partial charge in [0.15, 0.2) is 15.5 Å². The Hall–Kier alpha value is -3.00. The van der Waals surface area contributed by atoms with Crippen LogP contribution >= 0.6 is 0 Å². The molecule has 0 spiro atoms. The number of para-hydroxylation sites is 1. The minimum Gasteiger partial charge on any atom is -0.319 e. The SMILES string of the molecule is CS(=O)(=O)c1ccccc1NC(=O)c1nn(-c2ccc(F)cc2)c2c1CCC2. The van der Waals surface area contributed by atoms with Crippen molar-refractivity contribution in [3.8, 4) is 5.69 Å². The molecule has 3 aromatic rings. The number of benzene rings is 2. The van der Waals surface area contributed by atoms with Crippen LogP contribution in [0, 0.1) is 5.82 Å². The molecule has 1 heterocycles. The third-order valence-electron chi connectivity index (χ3n) is 4.75. The Kier molecular flexibility index (Phi) is 4.50. The Morgan fingerprint density at radius 3 is 2.54 bits per heavy atom. The number of sulfone groups is 1. The molecule has 1 aliphatic rings. The van der Waals surface area contributed by atoms with Crippen molar-refractivity contribution in [2.24, 2.45) is 0 Å². The first-order valence-electron chi connectivity index (χ1n) is 8.82. The minimum absolute atomic E-state index is 0.0537. The first-order chi connectivity index (χ1) is 13.3. The quantitative estimate of drug-likeness (QED) is 0.731. The first-order valence-corrected chi connectivity index (χ1v) is 10.7. The molecule has 0 atom stereocenters. The molecular weight excluding hydrogens is 381 g/mol. The summed E-state index contributed by atoms with van der Waals surface area (Å²) in [6.45, 7) is 0. The lowest BCUT2D eigenvalue weighted by molar-refractivity contribution is 0.102. The summed E-state index contributed by atoms with van der Waals surface area (Å²) in [5.41, 5.74) is 2.93. The van der Waals surface area contributed by atoms with Gasteiger partial charge in [0, 0.05) is 17.5 Å².